The molecule has 112 valence electrons. The Bertz CT molecular complexity index is 395. The summed E-state index contributed by atoms with van der Waals surface area (Å²) in [7, 11) is 2.08. The van der Waals surface area contributed by atoms with Crippen molar-refractivity contribution >= 4 is 11.8 Å². The summed E-state index contributed by atoms with van der Waals surface area (Å²) in [5, 5.41) is 4.25. The van der Waals surface area contributed by atoms with Crippen LogP contribution in [-0.4, -0.2) is 42.1 Å². The highest BCUT2D eigenvalue weighted by Gasteiger charge is 2.28. The molecule has 1 aromatic carbocycles. The molecular formula is C17H28N2S. The second kappa shape index (κ2) is 7.48. The van der Waals surface area contributed by atoms with Crippen LogP contribution in [0, 0.1) is 5.92 Å². The molecule has 1 aliphatic heterocycles. The van der Waals surface area contributed by atoms with E-state index in [9.17, 15) is 0 Å². The Morgan fingerprint density at radius 2 is 2.00 bits per heavy atom. The third-order valence-corrected chi connectivity index (χ3v) is 5.91. The molecule has 1 aromatic rings. The smallest absolute Gasteiger partial charge is 0.0355 e. The van der Waals surface area contributed by atoms with Crippen LogP contribution < -0.4 is 5.32 Å². The van der Waals surface area contributed by atoms with Crippen LogP contribution in [0.5, 0.6) is 0 Å². The van der Waals surface area contributed by atoms with E-state index in [1.807, 2.05) is 0 Å². The summed E-state index contributed by atoms with van der Waals surface area (Å²) in [6, 6.07) is 11.9. The zero-order valence-electron chi connectivity index (χ0n) is 13.2. The Morgan fingerprint density at radius 3 is 2.65 bits per heavy atom. The van der Waals surface area contributed by atoms with E-state index in [0.29, 0.717) is 18.0 Å². The first-order valence-electron chi connectivity index (χ1n) is 7.71. The third kappa shape index (κ3) is 3.78. The molecule has 4 atom stereocenters. The number of nitrogens with one attached hydrogen (secondary N) is 1. The highest BCUT2D eigenvalue weighted by atomic mass is 32.2. The van der Waals surface area contributed by atoms with E-state index in [0.717, 1.165) is 5.25 Å². The van der Waals surface area contributed by atoms with E-state index < -0.39 is 0 Å². The first kappa shape index (κ1) is 15.9. The zero-order valence-corrected chi connectivity index (χ0v) is 14.0. The Kier molecular flexibility index (Phi) is 5.94. The number of nitrogens with zero attached hydrogens (tertiary/aromatic N) is 1. The van der Waals surface area contributed by atoms with Gasteiger partial charge in [0, 0.05) is 36.2 Å². The largest absolute Gasteiger partial charge is 0.313 e. The van der Waals surface area contributed by atoms with Gasteiger partial charge in [0.05, 0.1) is 0 Å². The van der Waals surface area contributed by atoms with Crippen molar-refractivity contribution < 1.29 is 0 Å². The van der Waals surface area contributed by atoms with E-state index in [2.05, 4.69) is 80.1 Å². The summed E-state index contributed by atoms with van der Waals surface area (Å²) in [4.78, 5) is 2.67. The van der Waals surface area contributed by atoms with Crippen molar-refractivity contribution in [3.05, 3.63) is 35.9 Å². The van der Waals surface area contributed by atoms with Gasteiger partial charge in [-0.05, 0) is 25.5 Å². The molecule has 2 rings (SSSR count). The summed E-state index contributed by atoms with van der Waals surface area (Å²) in [6.45, 7) is 9.50. The second-order valence-corrected chi connectivity index (χ2v) is 7.45. The first-order chi connectivity index (χ1) is 9.63. The average molecular weight is 292 g/mol. The van der Waals surface area contributed by atoms with Gasteiger partial charge in [-0.1, -0.05) is 44.2 Å². The van der Waals surface area contributed by atoms with Crippen LogP contribution in [0.15, 0.2) is 30.3 Å². The van der Waals surface area contributed by atoms with E-state index in [1.165, 1.54) is 24.4 Å². The maximum atomic E-state index is 3.50. The highest BCUT2D eigenvalue weighted by molar-refractivity contribution is 8.00. The summed E-state index contributed by atoms with van der Waals surface area (Å²) in [5.41, 5.74) is 1.40. The molecule has 0 amide bonds. The number of hydrogen-bond acceptors (Lipinski definition) is 3. The Hall–Kier alpha value is -0.510. The molecule has 0 aromatic heterocycles. The van der Waals surface area contributed by atoms with Crippen molar-refractivity contribution in [2.75, 3.05) is 25.9 Å². The van der Waals surface area contributed by atoms with Crippen LogP contribution in [0.25, 0.3) is 0 Å². The Balaban J connectivity index is 2.00. The minimum Gasteiger partial charge on any atom is -0.313 e. The van der Waals surface area contributed by atoms with Gasteiger partial charge >= 0.3 is 0 Å². The number of hydrogen-bond donors (Lipinski definition) is 1. The molecule has 2 nitrogen and oxygen atoms in total. The van der Waals surface area contributed by atoms with Gasteiger partial charge in [-0.2, -0.15) is 11.8 Å². The van der Waals surface area contributed by atoms with Gasteiger partial charge in [0.15, 0.2) is 0 Å². The van der Waals surface area contributed by atoms with Crippen molar-refractivity contribution in [1.82, 2.24) is 10.2 Å². The lowest BCUT2D eigenvalue weighted by Crippen LogP contribution is -2.47. The standard InChI is InChI=1S/C17H28N2S/c1-13(12-19-10-11-20-15(3)14(19)2)17(18-4)16-8-6-5-7-9-16/h5-9,13-15,17-18H,10-12H2,1-4H3. The minimum absolute atomic E-state index is 0.438. The van der Waals surface area contributed by atoms with Crippen molar-refractivity contribution in [1.29, 1.82) is 0 Å². The molecule has 1 aliphatic rings. The predicted molar refractivity (Wildman–Crippen MR) is 90.4 cm³/mol. The fourth-order valence-electron chi connectivity index (χ4n) is 3.17. The van der Waals surface area contributed by atoms with Crippen LogP contribution in [-0.2, 0) is 0 Å². The molecule has 0 spiro atoms. The van der Waals surface area contributed by atoms with Gasteiger partial charge in [0.2, 0.25) is 0 Å². The maximum absolute atomic E-state index is 3.50. The summed E-state index contributed by atoms with van der Waals surface area (Å²) in [5.74, 6) is 1.88. The SMILES string of the molecule is CNC(c1ccccc1)C(C)CN1CCSC(C)C1C. The maximum Gasteiger partial charge on any atom is 0.0355 e. The Morgan fingerprint density at radius 1 is 1.30 bits per heavy atom. The van der Waals surface area contributed by atoms with Crippen molar-refractivity contribution in [3.8, 4) is 0 Å². The lowest BCUT2D eigenvalue weighted by atomic mass is 9.93. The van der Waals surface area contributed by atoms with Crippen molar-refractivity contribution in [2.24, 2.45) is 5.92 Å². The Labute approximate surface area is 128 Å². The lowest BCUT2D eigenvalue weighted by molar-refractivity contribution is 0.169. The topological polar surface area (TPSA) is 15.3 Å². The summed E-state index contributed by atoms with van der Waals surface area (Å²) in [6.07, 6.45) is 0. The molecular weight excluding hydrogens is 264 g/mol. The molecule has 1 N–H and O–H groups in total. The third-order valence-electron chi connectivity index (χ3n) is 4.58. The second-order valence-electron chi connectivity index (χ2n) is 5.97. The quantitative estimate of drug-likeness (QED) is 0.895. The normalized spacial score (nSPS) is 27.2. The highest BCUT2D eigenvalue weighted by Crippen LogP contribution is 2.28. The van der Waals surface area contributed by atoms with Gasteiger partial charge in [0.1, 0.15) is 0 Å². The fourth-order valence-corrected chi connectivity index (χ4v) is 4.33. The van der Waals surface area contributed by atoms with Crippen LogP contribution >= 0.6 is 11.8 Å². The first-order valence-corrected chi connectivity index (χ1v) is 8.76. The molecule has 0 saturated carbocycles. The molecule has 0 bridgehead atoms. The van der Waals surface area contributed by atoms with Gasteiger partial charge in [0.25, 0.3) is 0 Å². The zero-order chi connectivity index (χ0) is 14.5. The number of benzene rings is 1. The summed E-state index contributed by atoms with van der Waals surface area (Å²) >= 11 is 2.11. The molecule has 1 heterocycles. The molecule has 4 unspecified atom stereocenters. The number of rotatable bonds is 5. The van der Waals surface area contributed by atoms with Gasteiger partial charge in [-0.25, -0.2) is 0 Å². The minimum atomic E-state index is 0.438. The van der Waals surface area contributed by atoms with Crippen molar-refractivity contribution in [3.63, 3.8) is 0 Å². The van der Waals surface area contributed by atoms with E-state index >= 15 is 0 Å². The monoisotopic (exact) mass is 292 g/mol. The molecule has 1 saturated heterocycles. The van der Waals surface area contributed by atoms with Crippen LogP contribution in [0.4, 0.5) is 0 Å². The molecule has 1 fully saturated rings. The summed E-state index contributed by atoms with van der Waals surface area (Å²) < 4.78 is 0. The van der Waals surface area contributed by atoms with Crippen LogP contribution in [0.1, 0.15) is 32.4 Å². The van der Waals surface area contributed by atoms with Gasteiger partial charge < -0.3 is 5.32 Å². The molecule has 0 radical (unpaired) electrons. The fraction of sp³-hybridized carbons (Fsp3) is 0.647. The van der Waals surface area contributed by atoms with Crippen LogP contribution in [0.2, 0.25) is 0 Å². The van der Waals surface area contributed by atoms with Crippen molar-refractivity contribution in [2.45, 2.75) is 38.1 Å². The van der Waals surface area contributed by atoms with E-state index in [4.69, 9.17) is 0 Å². The lowest BCUT2D eigenvalue weighted by Gasteiger charge is -2.40. The molecule has 3 heteroatoms. The molecule has 0 aliphatic carbocycles. The number of thioether (sulfide) groups is 1. The van der Waals surface area contributed by atoms with E-state index in [1.54, 1.807) is 0 Å². The van der Waals surface area contributed by atoms with Crippen LogP contribution in [0.3, 0.4) is 0 Å². The molecule has 20 heavy (non-hydrogen) atoms. The predicted octanol–water partition coefficient (Wildman–Crippen LogP) is 3.41. The van der Waals surface area contributed by atoms with Gasteiger partial charge in [-0.15, -0.1) is 0 Å². The van der Waals surface area contributed by atoms with E-state index in [-0.39, 0.29) is 0 Å². The van der Waals surface area contributed by atoms with Gasteiger partial charge in [-0.3, -0.25) is 4.90 Å². The average Bonchev–Trinajstić information content (AvgIpc) is 2.46.